The first-order chi connectivity index (χ1) is 18.3. The van der Waals surface area contributed by atoms with E-state index in [0.717, 1.165) is 42.1 Å². The Bertz CT molecular complexity index is 1250. The van der Waals surface area contributed by atoms with Gasteiger partial charge in [-0.1, -0.05) is 18.2 Å². The zero-order valence-electron chi connectivity index (χ0n) is 23.1. The summed E-state index contributed by atoms with van der Waals surface area (Å²) in [7, 11) is 1.53. The van der Waals surface area contributed by atoms with E-state index in [1.54, 1.807) is 15.8 Å². The van der Waals surface area contributed by atoms with E-state index in [1.807, 2.05) is 61.2 Å². The average molecular weight is 519 g/mol. The fraction of sp³-hybridized carbons (Fsp3) is 0.448. The van der Waals surface area contributed by atoms with E-state index < -0.39 is 0 Å². The first-order valence-corrected chi connectivity index (χ1v) is 13.2. The zero-order chi connectivity index (χ0) is 27.2. The quantitative estimate of drug-likeness (QED) is 0.513. The fourth-order valence-corrected chi connectivity index (χ4v) is 4.94. The Morgan fingerprint density at radius 2 is 1.82 bits per heavy atom. The Labute approximate surface area is 225 Å². The number of benzene rings is 1. The van der Waals surface area contributed by atoms with E-state index in [0.29, 0.717) is 37.1 Å². The van der Waals surface area contributed by atoms with E-state index >= 15 is 0 Å². The second-order valence-corrected chi connectivity index (χ2v) is 10.1. The number of aryl methyl sites for hydroxylation is 2. The largest absolute Gasteiger partial charge is 0.375 e. The van der Waals surface area contributed by atoms with Crippen LogP contribution in [0, 0.1) is 13.8 Å². The van der Waals surface area contributed by atoms with Crippen molar-refractivity contribution in [1.29, 1.82) is 0 Å². The summed E-state index contributed by atoms with van der Waals surface area (Å²) in [6.45, 7) is 11.4. The topological polar surface area (TPSA) is 83.8 Å². The first-order valence-electron chi connectivity index (χ1n) is 13.2. The summed E-state index contributed by atoms with van der Waals surface area (Å²) >= 11 is 0. The molecule has 2 amide bonds. The molecule has 0 atom stereocenters. The second kappa shape index (κ2) is 12.3. The van der Waals surface area contributed by atoms with Crippen LogP contribution in [0.3, 0.4) is 0 Å². The smallest absolute Gasteiger partial charge is 0.255 e. The average Bonchev–Trinajstić information content (AvgIpc) is 3.23. The van der Waals surface area contributed by atoms with Crippen molar-refractivity contribution >= 4 is 17.5 Å². The third-order valence-electron chi connectivity index (χ3n) is 6.94. The third kappa shape index (κ3) is 6.28. The number of hydrogen-bond acceptors (Lipinski definition) is 6. The van der Waals surface area contributed by atoms with Crippen LogP contribution >= 0.6 is 0 Å². The molecule has 4 rings (SSSR count). The minimum atomic E-state index is -0.0926. The van der Waals surface area contributed by atoms with Crippen molar-refractivity contribution in [3.8, 4) is 5.82 Å². The summed E-state index contributed by atoms with van der Waals surface area (Å²) in [6.07, 6.45) is 2.45. The SMILES string of the molecule is COCC(=O)N1CCCN(C(C)C)CCN(C(=O)c2ccc(-n3nc(C)cc3C)nc2)Cc2ccccc21. The van der Waals surface area contributed by atoms with Gasteiger partial charge in [-0.25, -0.2) is 9.67 Å². The number of nitrogens with zero attached hydrogens (tertiary/aromatic N) is 6. The molecule has 0 saturated heterocycles. The van der Waals surface area contributed by atoms with E-state index in [1.165, 1.54) is 7.11 Å². The van der Waals surface area contributed by atoms with Gasteiger partial charge in [-0.3, -0.25) is 14.5 Å². The van der Waals surface area contributed by atoms with Crippen LogP contribution in [0.5, 0.6) is 0 Å². The van der Waals surface area contributed by atoms with E-state index in [-0.39, 0.29) is 18.4 Å². The summed E-state index contributed by atoms with van der Waals surface area (Å²) in [4.78, 5) is 37.4. The molecule has 0 aliphatic carbocycles. The number of anilines is 1. The number of methoxy groups -OCH3 is 1. The minimum Gasteiger partial charge on any atom is -0.375 e. The number of pyridine rings is 1. The number of fused-ring (bicyclic) bond motifs is 1. The van der Waals surface area contributed by atoms with Gasteiger partial charge in [0, 0.05) is 63.5 Å². The molecule has 202 valence electrons. The highest BCUT2D eigenvalue weighted by Gasteiger charge is 2.25. The van der Waals surface area contributed by atoms with Gasteiger partial charge >= 0.3 is 0 Å². The van der Waals surface area contributed by atoms with Gasteiger partial charge in [0.2, 0.25) is 0 Å². The molecular formula is C29H38N6O3. The van der Waals surface area contributed by atoms with Crippen LogP contribution in [0.4, 0.5) is 5.69 Å². The number of carbonyl (C=O) groups is 2. The van der Waals surface area contributed by atoms with Crippen LogP contribution < -0.4 is 4.90 Å². The lowest BCUT2D eigenvalue weighted by molar-refractivity contribution is -0.122. The molecule has 1 aliphatic heterocycles. The maximum Gasteiger partial charge on any atom is 0.255 e. The van der Waals surface area contributed by atoms with Crippen molar-refractivity contribution < 1.29 is 14.3 Å². The summed E-state index contributed by atoms with van der Waals surface area (Å²) in [5, 5.41) is 4.49. The molecule has 0 fully saturated rings. The molecule has 0 unspecified atom stereocenters. The molecule has 1 aromatic carbocycles. The van der Waals surface area contributed by atoms with Crippen LogP contribution in [0.2, 0.25) is 0 Å². The van der Waals surface area contributed by atoms with Gasteiger partial charge in [0.1, 0.15) is 6.61 Å². The van der Waals surface area contributed by atoms with Crippen molar-refractivity contribution in [2.45, 2.75) is 46.7 Å². The molecule has 0 saturated carbocycles. The number of para-hydroxylation sites is 1. The van der Waals surface area contributed by atoms with Gasteiger partial charge in [-0.15, -0.1) is 0 Å². The minimum absolute atomic E-state index is 0.0120. The normalized spacial score (nSPS) is 15.3. The van der Waals surface area contributed by atoms with Crippen molar-refractivity contribution in [3.05, 3.63) is 71.2 Å². The van der Waals surface area contributed by atoms with Gasteiger partial charge in [0.15, 0.2) is 5.82 Å². The van der Waals surface area contributed by atoms with Crippen LogP contribution in [-0.4, -0.2) is 82.3 Å². The highest BCUT2D eigenvalue weighted by molar-refractivity contribution is 5.96. The molecule has 0 spiro atoms. The lowest BCUT2D eigenvalue weighted by Crippen LogP contribution is -2.41. The Kier molecular flexibility index (Phi) is 8.91. The molecule has 0 N–H and O–H groups in total. The van der Waals surface area contributed by atoms with Crippen LogP contribution in [0.1, 0.15) is 47.6 Å². The number of hydrogen-bond donors (Lipinski definition) is 0. The van der Waals surface area contributed by atoms with E-state index in [4.69, 9.17) is 4.74 Å². The molecule has 3 aromatic rings. The van der Waals surface area contributed by atoms with Crippen molar-refractivity contribution in [3.63, 3.8) is 0 Å². The van der Waals surface area contributed by atoms with Gasteiger partial charge in [-0.05, 0) is 63.9 Å². The van der Waals surface area contributed by atoms with Crippen LogP contribution in [0.25, 0.3) is 5.82 Å². The van der Waals surface area contributed by atoms with Crippen molar-refractivity contribution in [2.75, 3.05) is 44.8 Å². The Morgan fingerprint density at radius 1 is 1.03 bits per heavy atom. The van der Waals surface area contributed by atoms with E-state index in [2.05, 4.69) is 28.8 Å². The molecule has 1 aliphatic rings. The van der Waals surface area contributed by atoms with Crippen LogP contribution in [0.15, 0.2) is 48.7 Å². The first kappa shape index (κ1) is 27.5. The number of ether oxygens (including phenoxy) is 1. The molecule has 0 radical (unpaired) electrons. The third-order valence-corrected chi connectivity index (χ3v) is 6.94. The maximum absolute atomic E-state index is 13.8. The molecule has 3 heterocycles. The van der Waals surface area contributed by atoms with Crippen LogP contribution in [-0.2, 0) is 16.1 Å². The highest BCUT2D eigenvalue weighted by Crippen LogP contribution is 2.25. The number of rotatable bonds is 5. The fourth-order valence-electron chi connectivity index (χ4n) is 4.94. The predicted molar refractivity (Wildman–Crippen MR) is 148 cm³/mol. The van der Waals surface area contributed by atoms with Gasteiger partial charge < -0.3 is 14.5 Å². The number of carbonyl (C=O) groups excluding carboxylic acids is 2. The summed E-state index contributed by atoms with van der Waals surface area (Å²) in [5.74, 6) is 0.496. The second-order valence-electron chi connectivity index (χ2n) is 10.1. The standard InChI is InChI=1S/C29H38N6O3/c1-21(2)32-13-8-14-34(28(36)20-38-5)26-10-7-6-9-25(26)19-33(16-15-32)29(37)24-11-12-27(30-18-24)35-23(4)17-22(3)31-35/h6-7,9-12,17-18,21H,8,13-16,19-20H2,1-5H3. The summed E-state index contributed by atoms with van der Waals surface area (Å²) in [6, 6.07) is 13.8. The predicted octanol–water partition coefficient (Wildman–Crippen LogP) is 3.62. The maximum atomic E-state index is 13.8. The lowest BCUT2D eigenvalue weighted by Gasteiger charge is -2.30. The molecule has 9 heteroatoms. The zero-order valence-corrected chi connectivity index (χ0v) is 23.1. The van der Waals surface area contributed by atoms with Gasteiger partial charge in [0.05, 0.1) is 11.3 Å². The van der Waals surface area contributed by atoms with Gasteiger partial charge in [0.25, 0.3) is 11.8 Å². The number of amides is 2. The number of aromatic nitrogens is 3. The molecular weight excluding hydrogens is 480 g/mol. The molecule has 0 bridgehead atoms. The summed E-state index contributed by atoms with van der Waals surface area (Å²) in [5.41, 5.74) is 4.17. The molecule has 38 heavy (non-hydrogen) atoms. The lowest BCUT2D eigenvalue weighted by atomic mass is 10.1. The molecule has 2 aromatic heterocycles. The van der Waals surface area contributed by atoms with Crippen molar-refractivity contribution in [2.24, 2.45) is 0 Å². The van der Waals surface area contributed by atoms with Crippen molar-refractivity contribution in [1.82, 2.24) is 24.6 Å². The Morgan fingerprint density at radius 3 is 2.47 bits per heavy atom. The van der Waals surface area contributed by atoms with Gasteiger partial charge in [-0.2, -0.15) is 5.10 Å². The summed E-state index contributed by atoms with van der Waals surface area (Å²) < 4.78 is 6.95. The monoisotopic (exact) mass is 518 g/mol. The Balaban J connectivity index is 1.66. The van der Waals surface area contributed by atoms with E-state index in [9.17, 15) is 9.59 Å². The highest BCUT2D eigenvalue weighted by atomic mass is 16.5. The Hall–Kier alpha value is -3.56. The molecule has 9 nitrogen and oxygen atoms in total.